The van der Waals surface area contributed by atoms with Crippen LogP contribution in [0.5, 0.6) is 5.75 Å². The first-order chi connectivity index (χ1) is 9.65. The van der Waals surface area contributed by atoms with Gasteiger partial charge in [0.1, 0.15) is 5.75 Å². The zero-order chi connectivity index (χ0) is 14.1. The lowest BCUT2D eigenvalue weighted by Crippen LogP contribution is -2.07. The average Bonchev–Trinajstić information content (AvgIpc) is 2.89. The van der Waals surface area contributed by atoms with Gasteiger partial charge in [0, 0.05) is 12.1 Å². The van der Waals surface area contributed by atoms with Gasteiger partial charge in [-0.15, -0.1) is 0 Å². The Kier molecular flexibility index (Phi) is 3.77. The lowest BCUT2D eigenvalue weighted by Gasteiger charge is -2.18. The number of hydrogen-bond acceptors (Lipinski definition) is 2. The number of hydrogen-bond donors (Lipinski definition) is 1. The van der Waals surface area contributed by atoms with Crippen molar-refractivity contribution in [2.75, 3.05) is 11.9 Å². The first-order valence-electron chi connectivity index (χ1n) is 6.61. The molecule has 0 aromatic heterocycles. The van der Waals surface area contributed by atoms with Gasteiger partial charge in [-0.05, 0) is 42.3 Å². The topological polar surface area (TPSA) is 21.3 Å². The lowest BCUT2D eigenvalue weighted by atomic mass is 10.1. The summed E-state index contributed by atoms with van der Waals surface area (Å²) >= 11 is 12.3. The molecule has 1 heterocycles. The summed E-state index contributed by atoms with van der Waals surface area (Å²) in [7, 11) is 0. The molecule has 0 aliphatic carbocycles. The Balaban J connectivity index is 1.82. The second kappa shape index (κ2) is 5.55. The van der Waals surface area contributed by atoms with Crippen LogP contribution in [0, 0.1) is 0 Å². The zero-order valence-electron chi connectivity index (χ0n) is 11.1. The molecule has 1 unspecified atom stereocenters. The number of rotatable bonds is 3. The maximum Gasteiger partial charge on any atom is 0.122 e. The van der Waals surface area contributed by atoms with Crippen LogP contribution in [0.15, 0.2) is 36.4 Å². The summed E-state index contributed by atoms with van der Waals surface area (Å²) < 4.78 is 5.51. The normalized spacial score (nSPS) is 14.6. The van der Waals surface area contributed by atoms with Crippen LogP contribution in [0.1, 0.15) is 24.1 Å². The van der Waals surface area contributed by atoms with Crippen LogP contribution in [0.2, 0.25) is 10.0 Å². The molecular formula is C16H15Cl2NO. The van der Waals surface area contributed by atoms with E-state index in [-0.39, 0.29) is 6.04 Å². The summed E-state index contributed by atoms with van der Waals surface area (Å²) in [5.74, 6) is 0.990. The van der Waals surface area contributed by atoms with Crippen LogP contribution in [0.4, 0.5) is 5.69 Å². The lowest BCUT2D eigenvalue weighted by molar-refractivity contribution is 0.357. The third-order valence-electron chi connectivity index (χ3n) is 3.52. The van der Waals surface area contributed by atoms with Crippen molar-refractivity contribution in [2.24, 2.45) is 0 Å². The molecule has 0 amide bonds. The SMILES string of the molecule is CC(Nc1ccc2c(c1)CCO2)c1cccc(Cl)c1Cl. The van der Waals surface area contributed by atoms with Crippen molar-refractivity contribution in [3.8, 4) is 5.75 Å². The molecular weight excluding hydrogens is 293 g/mol. The van der Waals surface area contributed by atoms with Crippen LogP contribution in [0.3, 0.4) is 0 Å². The highest BCUT2D eigenvalue weighted by Gasteiger charge is 2.15. The third kappa shape index (κ3) is 2.58. The fourth-order valence-corrected chi connectivity index (χ4v) is 2.93. The molecule has 2 aromatic carbocycles. The quantitative estimate of drug-likeness (QED) is 0.851. The Hall–Kier alpha value is -1.38. The molecule has 0 bridgehead atoms. The fraction of sp³-hybridized carbons (Fsp3) is 0.250. The summed E-state index contributed by atoms with van der Waals surface area (Å²) in [5.41, 5.74) is 3.31. The Morgan fingerprint density at radius 2 is 2.05 bits per heavy atom. The van der Waals surface area contributed by atoms with E-state index in [2.05, 4.69) is 18.3 Å². The molecule has 0 saturated heterocycles. The zero-order valence-corrected chi connectivity index (χ0v) is 12.6. The summed E-state index contributed by atoms with van der Waals surface area (Å²) in [6.07, 6.45) is 0.969. The van der Waals surface area contributed by atoms with E-state index >= 15 is 0 Å². The van der Waals surface area contributed by atoms with E-state index in [0.717, 1.165) is 30.0 Å². The van der Waals surface area contributed by atoms with Crippen LogP contribution in [0.25, 0.3) is 0 Å². The molecule has 104 valence electrons. The molecule has 20 heavy (non-hydrogen) atoms. The van der Waals surface area contributed by atoms with Gasteiger partial charge in [0.05, 0.1) is 22.7 Å². The Morgan fingerprint density at radius 1 is 1.20 bits per heavy atom. The fourth-order valence-electron chi connectivity index (χ4n) is 2.46. The van der Waals surface area contributed by atoms with Gasteiger partial charge >= 0.3 is 0 Å². The van der Waals surface area contributed by atoms with E-state index in [4.69, 9.17) is 27.9 Å². The number of benzene rings is 2. The first-order valence-corrected chi connectivity index (χ1v) is 7.37. The predicted molar refractivity (Wildman–Crippen MR) is 84.1 cm³/mol. The largest absolute Gasteiger partial charge is 0.493 e. The Morgan fingerprint density at radius 3 is 2.90 bits per heavy atom. The van der Waals surface area contributed by atoms with Crippen molar-refractivity contribution in [1.82, 2.24) is 0 Å². The molecule has 2 aromatic rings. The van der Waals surface area contributed by atoms with Gasteiger partial charge in [0.25, 0.3) is 0 Å². The van der Waals surface area contributed by atoms with E-state index in [9.17, 15) is 0 Å². The van der Waals surface area contributed by atoms with Crippen LogP contribution in [-0.2, 0) is 6.42 Å². The van der Waals surface area contributed by atoms with Gasteiger partial charge in [0.15, 0.2) is 0 Å². The van der Waals surface area contributed by atoms with E-state index < -0.39 is 0 Å². The summed E-state index contributed by atoms with van der Waals surface area (Å²) in [6, 6.07) is 12.0. The van der Waals surface area contributed by atoms with Crippen molar-refractivity contribution in [3.63, 3.8) is 0 Å². The molecule has 0 spiro atoms. The van der Waals surface area contributed by atoms with Crippen LogP contribution < -0.4 is 10.1 Å². The average molecular weight is 308 g/mol. The van der Waals surface area contributed by atoms with Crippen molar-refractivity contribution >= 4 is 28.9 Å². The number of fused-ring (bicyclic) bond motifs is 1. The monoisotopic (exact) mass is 307 g/mol. The van der Waals surface area contributed by atoms with Gasteiger partial charge in [-0.3, -0.25) is 0 Å². The van der Waals surface area contributed by atoms with Crippen molar-refractivity contribution in [3.05, 3.63) is 57.6 Å². The van der Waals surface area contributed by atoms with Gasteiger partial charge < -0.3 is 10.1 Å². The van der Waals surface area contributed by atoms with Crippen molar-refractivity contribution in [2.45, 2.75) is 19.4 Å². The van der Waals surface area contributed by atoms with Gasteiger partial charge in [-0.25, -0.2) is 0 Å². The van der Waals surface area contributed by atoms with Gasteiger partial charge in [-0.1, -0.05) is 35.3 Å². The molecule has 1 aliphatic rings. The van der Waals surface area contributed by atoms with Crippen LogP contribution >= 0.6 is 23.2 Å². The summed E-state index contributed by atoms with van der Waals surface area (Å²) in [4.78, 5) is 0. The molecule has 3 rings (SSSR count). The van der Waals surface area contributed by atoms with Crippen molar-refractivity contribution < 1.29 is 4.74 Å². The molecule has 2 nitrogen and oxygen atoms in total. The number of halogens is 2. The third-order valence-corrected chi connectivity index (χ3v) is 4.35. The molecule has 1 N–H and O–H groups in total. The van der Waals surface area contributed by atoms with Crippen molar-refractivity contribution in [1.29, 1.82) is 0 Å². The Bertz CT molecular complexity index is 642. The predicted octanol–water partition coefficient (Wildman–Crippen LogP) is 5.10. The number of anilines is 1. The number of ether oxygens (including phenoxy) is 1. The molecule has 0 fully saturated rings. The maximum atomic E-state index is 6.26. The maximum absolute atomic E-state index is 6.26. The van der Waals surface area contributed by atoms with E-state index in [1.165, 1.54) is 5.56 Å². The minimum atomic E-state index is 0.0848. The molecule has 4 heteroatoms. The van der Waals surface area contributed by atoms with E-state index in [1.54, 1.807) is 6.07 Å². The summed E-state index contributed by atoms with van der Waals surface area (Å²) in [5, 5.41) is 4.65. The van der Waals surface area contributed by atoms with E-state index in [1.807, 2.05) is 24.3 Å². The smallest absolute Gasteiger partial charge is 0.122 e. The second-order valence-corrected chi connectivity index (χ2v) is 5.72. The minimum Gasteiger partial charge on any atom is -0.493 e. The van der Waals surface area contributed by atoms with Gasteiger partial charge in [0.2, 0.25) is 0 Å². The highest BCUT2D eigenvalue weighted by molar-refractivity contribution is 6.42. The molecule has 0 saturated carbocycles. The van der Waals surface area contributed by atoms with Crippen LogP contribution in [-0.4, -0.2) is 6.61 Å². The highest BCUT2D eigenvalue weighted by Crippen LogP contribution is 2.33. The standard InChI is InChI=1S/C16H15Cl2NO/c1-10(13-3-2-4-14(17)16(13)18)19-12-5-6-15-11(9-12)7-8-20-15/h2-6,9-10,19H,7-8H2,1H3. The Labute approximate surface area is 128 Å². The highest BCUT2D eigenvalue weighted by atomic mass is 35.5. The number of nitrogens with one attached hydrogen (secondary N) is 1. The van der Waals surface area contributed by atoms with E-state index in [0.29, 0.717) is 10.0 Å². The molecule has 1 aliphatic heterocycles. The minimum absolute atomic E-state index is 0.0848. The summed E-state index contributed by atoms with van der Waals surface area (Å²) in [6.45, 7) is 2.84. The second-order valence-electron chi connectivity index (χ2n) is 4.93. The molecule has 0 radical (unpaired) electrons. The van der Waals surface area contributed by atoms with Gasteiger partial charge in [-0.2, -0.15) is 0 Å². The first kappa shape index (κ1) is 13.6. The molecule has 1 atom stereocenters.